The Hall–Kier alpha value is -2.47. The number of aromatic nitrogens is 2. The third-order valence-corrected chi connectivity index (χ3v) is 4.78. The summed E-state index contributed by atoms with van der Waals surface area (Å²) in [6.45, 7) is 1.96. The largest absolute Gasteiger partial charge is 0.338 e. The molecule has 0 aliphatic carbocycles. The fourth-order valence-corrected chi connectivity index (χ4v) is 3.27. The van der Waals surface area contributed by atoms with Crippen molar-refractivity contribution in [1.29, 1.82) is 0 Å². The van der Waals surface area contributed by atoms with Gasteiger partial charge in [0.2, 0.25) is 11.7 Å². The van der Waals surface area contributed by atoms with E-state index in [9.17, 15) is 8.42 Å². The molecule has 1 aromatic heterocycles. The zero-order valence-corrected chi connectivity index (χ0v) is 12.7. The molecular weight excluding hydrogens is 300 g/mol. The molecule has 1 heterocycles. The molecule has 0 amide bonds. The van der Waals surface area contributed by atoms with Crippen LogP contribution in [0.25, 0.3) is 11.4 Å². The molecule has 5 nitrogen and oxygen atoms in total. The van der Waals surface area contributed by atoms with Crippen LogP contribution in [-0.2, 0) is 15.6 Å². The Kier molecular flexibility index (Phi) is 3.77. The lowest BCUT2D eigenvalue weighted by molar-refractivity contribution is 0.389. The SMILES string of the molecule is Cc1cccc(-c2noc(CS(=O)(=O)c3ccccc3)n2)c1. The average Bonchev–Trinajstić information content (AvgIpc) is 2.96. The lowest BCUT2D eigenvalue weighted by Gasteiger charge is -2.00. The Morgan fingerprint density at radius 2 is 1.82 bits per heavy atom. The summed E-state index contributed by atoms with van der Waals surface area (Å²) in [5.41, 5.74) is 1.87. The lowest BCUT2D eigenvalue weighted by Crippen LogP contribution is -2.05. The smallest absolute Gasteiger partial charge is 0.242 e. The van der Waals surface area contributed by atoms with Gasteiger partial charge in [-0.3, -0.25) is 0 Å². The number of sulfone groups is 1. The second-order valence-electron chi connectivity index (χ2n) is 4.95. The van der Waals surface area contributed by atoms with Gasteiger partial charge in [-0.05, 0) is 25.1 Å². The van der Waals surface area contributed by atoms with Crippen LogP contribution in [0.1, 0.15) is 11.5 Å². The molecule has 0 bridgehead atoms. The van der Waals surface area contributed by atoms with Gasteiger partial charge in [0.25, 0.3) is 0 Å². The van der Waals surface area contributed by atoms with Crippen molar-refractivity contribution in [3.63, 3.8) is 0 Å². The van der Waals surface area contributed by atoms with E-state index in [4.69, 9.17) is 4.52 Å². The van der Waals surface area contributed by atoms with Crippen molar-refractivity contribution < 1.29 is 12.9 Å². The highest BCUT2D eigenvalue weighted by Crippen LogP contribution is 2.19. The summed E-state index contributed by atoms with van der Waals surface area (Å²) in [6.07, 6.45) is 0. The first-order valence-electron chi connectivity index (χ1n) is 6.72. The predicted octanol–water partition coefficient (Wildman–Crippen LogP) is 3.02. The molecule has 0 N–H and O–H groups in total. The van der Waals surface area contributed by atoms with Crippen molar-refractivity contribution in [2.45, 2.75) is 17.6 Å². The molecule has 2 aromatic carbocycles. The summed E-state index contributed by atoms with van der Waals surface area (Å²) in [6, 6.07) is 15.8. The highest BCUT2D eigenvalue weighted by atomic mass is 32.2. The van der Waals surface area contributed by atoms with Crippen molar-refractivity contribution >= 4 is 9.84 Å². The van der Waals surface area contributed by atoms with Gasteiger partial charge in [-0.15, -0.1) is 0 Å². The molecule has 0 aliphatic heterocycles. The van der Waals surface area contributed by atoms with E-state index in [0.29, 0.717) is 5.82 Å². The van der Waals surface area contributed by atoms with Crippen LogP contribution in [-0.4, -0.2) is 18.6 Å². The second kappa shape index (κ2) is 5.73. The molecule has 0 fully saturated rings. The normalized spacial score (nSPS) is 11.5. The minimum atomic E-state index is -3.49. The van der Waals surface area contributed by atoms with Crippen LogP contribution in [0.3, 0.4) is 0 Å². The van der Waals surface area contributed by atoms with Crippen molar-refractivity contribution in [2.75, 3.05) is 0 Å². The van der Waals surface area contributed by atoms with Crippen LogP contribution < -0.4 is 0 Å². The summed E-state index contributed by atoms with van der Waals surface area (Å²) in [4.78, 5) is 4.42. The fraction of sp³-hybridized carbons (Fsp3) is 0.125. The van der Waals surface area contributed by atoms with Crippen LogP contribution in [0.5, 0.6) is 0 Å². The quantitative estimate of drug-likeness (QED) is 0.740. The molecule has 0 saturated heterocycles. The Balaban J connectivity index is 1.86. The molecule has 22 heavy (non-hydrogen) atoms. The summed E-state index contributed by atoms with van der Waals surface area (Å²) in [5.74, 6) is 0.165. The summed E-state index contributed by atoms with van der Waals surface area (Å²) >= 11 is 0. The number of rotatable bonds is 4. The fourth-order valence-electron chi connectivity index (χ4n) is 2.09. The van der Waals surface area contributed by atoms with Crippen LogP contribution in [0.2, 0.25) is 0 Å². The molecule has 0 spiro atoms. The molecular formula is C16H14N2O3S. The molecule has 0 unspecified atom stereocenters. The van der Waals surface area contributed by atoms with Gasteiger partial charge in [-0.2, -0.15) is 4.98 Å². The van der Waals surface area contributed by atoms with Gasteiger partial charge in [0.05, 0.1) is 4.90 Å². The number of nitrogens with zero attached hydrogens (tertiary/aromatic N) is 2. The highest BCUT2D eigenvalue weighted by molar-refractivity contribution is 7.90. The van der Waals surface area contributed by atoms with Gasteiger partial charge in [0, 0.05) is 5.56 Å². The Morgan fingerprint density at radius 1 is 1.05 bits per heavy atom. The Labute approximate surface area is 128 Å². The minimum absolute atomic E-state index is 0.0837. The maximum Gasteiger partial charge on any atom is 0.242 e. The van der Waals surface area contributed by atoms with E-state index in [1.54, 1.807) is 30.3 Å². The van der Waals surface area contributed by atoms with Crippen LogP contribution in [0.15, 0.2) is 64.0 Å². The van der Waals surface area contributed by atoms with E-state index in [1.165, 1.54) is 0 Å². The third-order valence-electron chi connectivity index (χ3n) is 3.16. The molecule has 3 aromatic rings. The Morgan fingerprint density at radius 3 is 2.55 bits per heavy atom. The standard InChI is InChI=1S/C16H14N2O3S/c1-12-6-5-7-13(10-12)16-17-15(21-18-16)11-22(19,20)14-8-3-2-4-9-14/h2-10H,11H2,1H3. The molecule has 0 radical (unpaired) electrons. The summed E-state index contributed by atoms with van der Waals surface area (Å²) < 4.78 is 29.6. The molecule has 3 rings (SSSR count). The van der Waals surface area contributed by atoms with Crippen molar-refractivity contribution in [1.82, 2.24) is 10.1 Å². The number of hydrogen-bond acceptors (Lipinski definition) is 5. The first kappa shape index (κ1) is 14.5. The van der Waals surface area contributed by atoms with Gasteiger partial charge >= 0.3 is 0 Å². The van der Waals surface area contributed by atoms with Crippen molar-refractivity contribution in [3.05, 3.63) is 66.1 Å². The van der Waals surface area contributed by atoms with Gasteiger partial charge < -0.3 is 4.52 Å². The zero-order valence-electron chi connectivity index (χ0n) is 11.9. The molecule has 0 atom stereocenters. The van der Waals surface area contributed by atoms with Crippen LogP contribution in [0.4, 0.5) is 0 Å². The Bertz CT molecular complexity index is 887. The molecule has 0 aliphatic rings. The van der Waals surface area contributed by atoms with E-state index in [0.717, 1.165) is 11.1 Å². The maximum absolute atomic E-state index is 12.3. The molecule has 112 valence electrons. The average molecular weight is 314 g/mol. The number of aryl methyl sites for hydroxylation is 1. The van der Waals surface area contributed by atoms with E-state index in [-0.39, 0.29) is 16.5 Å². The summed E-state index contributed by atoms with van der Waals surface area (Å²) in [5, 5.41) is 3.85. The van der Waals surface area contributed by atoms with E-state index >= 15 is 0 Å². The van der Waals surface area contributed by atoms with E-state index < -0.39 is 9.84 Å². The van der Waals surface area contributed by atoms with E-state index in [1.807, 2.05) is 31.2 Å². The monoisotopic (exact) mass is 314 g/mol. The zero-order chi connectivity index (χ0) is 15.6. The van der Waals surface area contributed by atoms with Gasteiger partial charge in [-0.25, -0.2) is 8.42 Å². The first-order valence-corrected chi connectivity index (χ1v) is 8.37. The molecule has 0 saturated carbocycles. The second-order valence-corrected chi connectivity index (χ2v) is 6.94. The lowest BCUT2D eigenvalue weighted by atomic mass is 10.1. The first-order chi connectivity index (χ1) is 10.5. The summed E-state index contributed by atoms with van der Waals surface area (Å²) in [7, 11) is -3.49. The van der Waals surface area contributed by atoms with Gasteiger partial charge in [-0.1, -0.05) is 47.1 Å². The van der Waals surface area contributed by atoms with Crippen molar-refractivity contribution in [2.24, 2.45) is 0 Å². The highest BCUT2D eigenvalue weighted by Gasteiger charge is 2.19. The molecule has 6 heteroatoms. The van der Waals surface area contributed by atoms with Crippen LogP contribution in [0, 0.1) is 6.92 Å². The predicted molar refractivity (Wildman–Crippen MR) is 81.8 cm³/mol. The van der Waals surface area contributed by atoms with Gasteiger partial charge in [0.1, 0.15) is 5.75 Å². The minimum Gasteiger partial charge on any atom is -0.338 e. The number of hydrogen-bond donors (Lipinski definition) is 0. The van der Waals surface area contributed by atoms with Crippen molar-refractivity contribution in [3.8, 4) is 11.4 Å². The van der Waals surface area contributed by atoms with E-state index in [2.05, 4.69) is 10.1 Å². The third kappa shape index (κ3) is 3.07. The number of benzene rings is 2. The van der Waals surface area contributed by atoms with Gasteiger partial charge in [0.15, 0.2) is 9.84 Å². The maximum atomic E-state index is 12.3. The topological polar surface area (TPSA) is 73.1 Å². The van der Waals surface area contributed by atoms with Crippen LogP contribution >= 0.6 is 0 Å².